The highest BCUT2D eigenvalue weighted by atomic mass is 16.6. The van der Waals surface area contributed by atoms with Crippen LogP contribution >= 0.6 is 0 Å². The highest BCUT2D eigenvalue weighted by Gasteiger charge is 2.46. The van der Waals surface area contributed by atoms with Crippen molar-refractivity contribution in [2.24, 2.45) is 0 Å². The molecule has 0 N–H and O–H groups in total. The Hall–Kier alpha value is -2.22. The minimum Gasteiger partial charge on any atom is -0.441 e. The molecule has 0 radical (unpaired) electrons. The number of ether oxygens (including phenoxy) is 2. The van der Waals surface area contributed by atoms with Crippen LogP contribution in [0.5, 0.6) is 0 Å². The molecule has 1 aromatic heterocycles. The van der Waals surface area contributed by atoms with Gasteiger partial charge < -0.3 is 14.4 Å². The molecule has 2 aliphatic heterocycles. The zero-order chi connectivity index (χ0) is 18.9. The van der Waals surface area contributed by atoms with Gasteiger partial charge in [0.1, 0.15) is 12.2 Å². The first-order valence-corrected chi connectivity index (χ1v) is 9.73. The minimum atomic E-state index is -0.357. The summed E-state index contributed by atoms with van der Waals surface area (Å²) in [5.74, 6) is 0.479. The van der Waals surface area contributed by atoms with Gasteiger partial charge in [0.25, 0.3) is 0 Å². The quantitative estimate of drug-likeness (QED) is 0.805. The molecule has 1 aromatic rings. The molecule has 3 heterocycles. The van der Waals surface area contributed by atoms with E-state index in [1.54, 1.807) is 22.2 Å². The van der Waals surface area contributed by atoms with Gasteiger partial charge in [0.15, 0.2) is 5.82 Å². The van der Waals surface area contributed by atoms with Crippen LogP contribution < -0.4 is 4.90 Å². The van der Waals surface area contributed by atoms with Crippen molar-refractivity contribution >= 4 is 17.8 Å². The van der Waals surface area contributed by atoms with E-state index in [0.29, 0.717) is 18.9 Å². The predicted molar refractivity (Wildman–Crippen MR) is 97.2 cm³/mol. The van der Waals surface area contributed by atoms with E-state index >= 15 is 0 Å². The lowest BCUT2D eigenvalue weighted by Gasteiger charge is -2.30. The molecule has 8 nitrogen and oxygen atoms in total. The molecule has 3 aliphatic rings. The standard InChI is InChI=1S/C19H26N4O4/c1-26-12-17(24)22-9-5-6-15(22)14-10-21-16(11-20-14)23-13-19(27-18(23)25)7-3-2-4-8-19/h10-11,15H,2-9,12-13H2,1H3/t15-/m0/s1. The van der Waals surface area contributed by atoms with Crippen LogP contribution in [0.3, 0.4) is 0 Å². The molecule has 27 heavy (non-hydrogen) atoms. The minimum absolute atomic E-state index is 0.0340. The smallest absolute Gasteiger partial charge is 0.416 e. The van der Waals surface area contributed by atoms with Crippen molar-refractivity contribution in [1.29, 1.82) is 0 Å². The van der Waals surface area contributed by atoms with E-state index in [1.807, 2.05) is 0 Å². The zero-order valence-electron chi connectivity index (χ0n) is 15.7. The monoisotopic (exact) mass is 374 g/mol. The summed E-state index contributed by atoms with van der Waals surface area (Å²) in [5, 5.41) is 0. The lowest BCUT2D eigenvalue weighted by Crippen LogP contribution is -2.36. The molecule has 1 atom stereocenters. The van der Waals surface area contributed by atoms with Gasteiger partial charge in [-0.3, -0.25) is 14.7 Å². The second-order valence-electron chi connectivity index (χ2n) is 7.68. The predicted octanol–water partition coefficient (Wildman–Crippen LogP) is 2.45. The Morgan fingerprint density at radius 3 is 2.78 bits per heavy atom. The van der Waals surface area contributed by atoms with Crippen molar-refractivity contribution in [3.05, 3.63) is 18.1 Å². The van der Waals surface area contributed by atoms with Crippen LogP contribution in [-0.4, -0.2) is 59.3 Å². The van der Waals surface area contributed by atoms with Gasteiger partial charge in [0.2, 0.25) is 5.91 Å². The van der Waals surface area contributed by atoms with Gasteiger partial charge in [0.05, 0.1) is 30.7 Å². The SMILES string of the molecule is COCC(=O)N1CCC[C@H]1c1cnc(N2CC3(CCCCC3)OC2=O)cn1. The largest absolute Gasteiger partial charge is 0.441 e. The average Bonchev–Trinajstić information content (AvgIpc) is 3.28. The summed E-state index contributed by atoms with van der Waals surface area (Å²) in [7, 11) is 1.52. The van der Waals surface area contributed by atoms with E-state index in [1.165, 1.54) is 13.5 Å². The van der Waals surface area contributed by atoms with E-state index in [9.17, 15) is 9.59 Å². The summed E-state index contributed by atoms with van der Waals surface area (Å²) in [6.45, 7) is 1.32. The Morgan fingerprint density at radius 2 is 2.07 bits per heavy atom. The fraction of sp³-hybridized carbons (Fsp3) is 0.684. The molecule has 4 rings (SSSR count). The van der Waals surface area contributed by atoms with Crippen LogP contribution in [0.25, 0.3) is 0 Å². The third-order valence-electron chi connectivity index (χ3n) is 5.85. The average molecular weight is 374 g/mol. The molecule has 2 saturated heterocycles. The summed E-state index contributed by atoms with van der Waals surface area (Å²) in [5.41, 5.74) is 0.394. The summed E-state index contributed by atoms with van der Waals surface area (Å²) in [4.78, 5) is 36.9. The summed E-state index contributed by atoms with van der Waals surface area (Å²) < 4.78 is 10.7. The van der Waals surface area contributed by atoms with Crippen LogP contribution in [0.1, 0.15) is 56.7 Å². The van der Waals surface area contributed by atoms with Gasteiger partial charge >= 0.3 is 6.09 Å². The Morgan fingerprint density at radius 1 is 1.26 bits per heavy atom. The van der Waals surface area contributed by atoms with Crippen molar-refractivity contribution in [3.63, 3.8) is 0 Å². The Labute approximate surface area is 158 Å². The first-order chi connectivity index (χ1) is 13.1. The molecule has 0 unspecified atom stereocenters. The van der Waals surface area contributed by atoms with Gasteiger partial charge in [-0.15, -0.1) is 0 Å². The Kier molecular flexibility index (Phi) is 4.99. The van der Waals surface area contributed by atoms with Gasteiger partial charge in [-0.05, 0) is 38.5 Å². The fourth-order valence-electron chi connectivity index (χ4n) is 4.48. The maximum absolute atomic E-state index is 12.4. The number of rotatable bonds is 4. The number of carbonyl (C=O) groups excluding carboxylic acids is 2. The number of carbonyl (C=O) groups is 2. The highest BCUT2D eigenvalue weighted by Crippen LogP contribution is 2.38. The number of likely N-dealkylation sites (tertiary alicyclic amines) is 1. The number of amides is 2. The number of methoxy groups -OCH3 is 1. The molecule has 3 fully saturated rings. The molecule has 1 saturated carbocycles. The molecular weight excluding hydrogens is 348 g/mol. The molecular formula is C19H26N4O4. The van der Waals surface area contributed by atoms with Crippen molar-refractivity contribution < 1.29 is 19.1 Å². The lowest BCUT2D eigenvalue weighted by molar-refractivity contribution is -0.136. The molecule has 1 aliphatic carbocycles. The van der Waals surface area contributed by atoms with Crippen LogP contribution in [0.2, 0.25) is 0 Å². The third kappa shape index (κ3) is 3.50. The number of hydrogen-bond acceptors (Lipinski definition) is 6. The number of aromatic nitrogens is 2. The number of anilines is 1. The molecule has 0 bridgehead atoms. The van der Waals surface area contributed by atoms with Gasteiger partial charge in [-0.25, -0.2) is 9.78 Å². The lowest BCUT2D eigenvalue weighted by atomic mass is 9.85. The van der Waals surface area contributed by atoms with Crippen molar-refractivity contribution in [1.82, 2.24) is 14.9 Å². The number of nitrogens with zero attached hydrogens (tertiary/aromatic N) is 4. The van der Waals surface area contributed by atoms with Crippen molar-refractivity contribution in [2.45, 2.75) is 56.6 Å². The first kappa shape index (κ1) is 18.2. The van der Waals surface area contributed by atoms with Crippen molar-refractivity contribution in [2.75, 3.05) is 31.7 Å². The number of hydrogen-bond donors (Lipinski definition) is 0. The molecule has 8 heteroatoms. The van der Waals surface area contributed by atoms with E-state index < -0.39 is 0 Å². The van der Waals surface area contributed by atoms with E-state index in [2.05, 4.69) is 9.97 Å². The van der Waals surface area contributed by atoms with Crippen LogP contribution in [0.15, 0.2) is 12.4 Å². The molecule has 146 valence electrons. The van der Waals surface area contributed by atoms with Gasteiger partial charge in [-0.2, -0.15) is 0 Å². The summed E-state index contributed by atoms with van der Waals surface area (Å²) >= 11 is 0. The van der Waals surface area contributed by atoms with Gasteiger partial charge in [-0.1, -0.05) is 6.42 Å². The molecule has 1 spiro atoms. The Balaban J connectivity index is 1.47. The topological polar surface area (TPSA) is 84.9 Å². The van der Waals surface area contributed by atoms with Gasteiger partial charge in [0, 0.05) is 13.7 Å². The zero-order valence-corrected chi connectivity index (χ0v) is 15.7. The van der Waals surface area contributed by atoms with Crippen LogP contribution in [0, 0.1) is 0 Å². The maximum Gasteiger partial charge on any atom is 0.416 e. The molecule has 2 amide bonds. The highest BCUT2D eigenvalue weighted by molar-refractivity contribution is 5.89. The van der Waals surface area contributed by atoms with Crippen molar-refractivity contribution in [3.8, 4) is 0 Å². The fourth-order valence-corrected chi connectivity index (χ4v) is 4.48. The second-order valence-corrected chi connectivity index (χ2v) is 7.68. The third-order valence-corrected chi connectivity index (χ3v) is 5.85. The van der Waals surface area contributed by atoms with E-state index in [-0.39, 0.29) is 30.3 Å². The first-order valence-electron chi connectivity index (χ1n) is 9.73. The second kappa shape index (κ2) is 7.42. The van der Waals surface area contributed by atoms with Crippen LogP contribution in [0.4, 0.5) is 10.6 Å². The Bertz CT molecular complexity index is 702. The van der Waals surface area contributed by atoms with E-state index in [0.717, 1.165) is 44.2 Å². The van der Waals surface area contributed by atoms with Crippen LogP contribution in [-0.2, 0) is 14.3 Å². The summed E-state index contributed by atoms with van der Waals surface area (Å²) in [6, 6.07) is -0.0792. The summed E-state index contributed by atoms with van der Waals surface area (Å²) in [6.07, 6.45) is 9.98. The molecule has 0 aromatic carbocycles. The van der Waals surface area contributed by atoms with E-state index in [4.69, 9.17) is 9.47 Å². The normalized spacial score (nSPS) is 24.5. The maximum atomic E-state index is 12.4.